The van der Waals surface area contributed by atoms with Gasteiger partial charge in [-0.1, -0.05) is 6.07 Å². The number of carbonyl (C=O) groups excluding carboxylic acids is 1. The van der Waals surface area contributed by atoms with Gasteiger partial charge in [-0.2, -0.15) is 12.8 Å². The molecule has 1 saturated heterocycles. The molecule has 1 amide bonds. The zero-order chi connectivity index (χ0) is 31.1. The second-order valence-corrected chi connectivity index (χ2v) is 14.7. The first-order valence-electron chi connectivity index (χ1n) is 15.4. The monoisotopic (exact) mass is 625 g/mol. The molecule has 1 unspecified atom stereocenters. The van der Waals surface area contributed by atoms with Crippen molar-refractivity contribution in [2.24, 2.45) is 23.0 Å². The highest BCUT2D eigenvalue weighted by Crippen LogP contribution is 2.65. The normalized spacial score (nSPS) is 21.7. The van der Waals surface area contributed by atoms with Gasteiger partial charge in [-0.3, -0.25) is 4.79 Å². The third-order valence-corrected chi connectivity index (χ3v) is 10.8. The number of nitrogens with zero attached hydrogens (tertiary/aromatic N) is 5. The van der Waals surface area contributed by atoms with Gasteiger partial charge in [0.15, 0.2) is 10.8 Å². The van der Waals surface area contributed by atoms with Crippen molar-refractivity contribution < 1.29 is 22.3 Å². The molecule has 3 N–H and O–H groups in total. The maximum absolute atomic E-state index is 13.7. The summed E-state index contributed by atoms with van der Waals surface area (Å²) in [6.07, 6.45) is 10.8. The molecular weight excluding hydrogens is 585 g/mol. The number of ether oxygens (including phenoxy) is 1. The maximum Gasteiger partial charge on any atom is 0.281 e. The molecule has 1 spiro atoms. The van der Waals surface area contributed by atoms with E-state index < -0.39 is 26.9 Å². The van der Waals surface area contributed by atoms with Crippen LogP contribution in [0.5, 0.6) is 5.88 Å². The molecule has 2 saturated carbocycles. The van der Waals surface area contributed by atoms with Crippen molar-refractivity contribution >= 4 is 21.7 Å². The Balaban J connectivity index is 1.26. The van der Waals surface area contributed by atoms with Crippen LogP contribution >= 0.6 is 0 Å². The molecule has 6 rings (SSSR count). The Bertz CT molecular complexity index is 1640. The number of hydrogen-bond acceptors (Lipinski definition) is 9. The number of aromatic nitrogens is 4. The highest BCUT2D eigenvalue weighted by atomic mass is 32.2. The van der Waals surface area contributed by atoms with E-state index in [0.29, 0.717) is 48.5 Å². The topological polar surface area (TPSA) is 145 Å². The fraction of sp³-hybridized carbons (Fsp3) is 0.548. The van der Waals surface area contributed by atoms with Crippen molar-refractivity contribution in [3.8, 4) is 11.7 Å². The molecule has 3 aromatic heterocycles. The van der Waals surface area contributed by atoms with Gasteiger partial charge in [0.05, 0.1) is 12.2 Å². The fourth-order valence-electron chi connectivity index (χ4n) is 6.92. The van der Waals surface area contributed by atoms with Gasteiger partial charge < -0.3 is 15.4 Å². The third kappa shape index (κ3) is 6.16. The van der Waals surface area contributed by atoms with Gasteiger partial charge in [0.25, 0.3) is 15.9 Å². The summed E-state index contributed by atoms with van der Waals surface area (Å²) in [5, 5.41) is 3.99. The summed E-state index contributed by atoms with van der Waals surface area (Å²) in [6.45, 7) is 5.98. The first-order valence-corrected chi connectivity index (χ1v) is 16.9. The van der Waals surface area contributed by atoms with Crippen molar-refractivity contribution in [2.75, 3.05) is 24.6 Å². The van der Waals surface area contributed by atoms with Crippen molar-refractivity contribution in [1.82, 2.24) is 24.5 Å². The van der Waals surface area contributed by atoms with Crippen molar-refractivity contribution in [1.29, 1.82) is 0 Å². The van der Waals surface area contributed by atoms with Crippen molar-refractivity contribution in [3.05, 3.63) is 54.1 Å². The molecule has 13 heteroatoms. The predicted octanol–water partition coefficient (Wildman–Crippen LogP) is 4.22. The highest BCUT2D eigenvalue weighted by Gasteiger charge is 2.54. The number of pyridine rings is 2. The molecular formula is C31H40FN7O4S. The molecule has 236 valence electrons. The van der Waals surface area contributed by atoms with Crippen molar-refractivity contribution in [3.63, 3.8) is 0 Å². The highest BCUT2D eigenvalue weighted by molar-refractivity contribution is 7.90. The summed E-state index contributed by atoms with van der Waals surface area (Å²) in [5.74, 6) is 0.512. The zero-order valence-corrected chi connectivity index (χ0v) is 26.0. The van der Waals surface area contributed by atoms with E-state index in [2.05, 4.69) is 23.9 Å². The Morgan fingerprint density at radius 2 is 1.95 bits per heavy atom. The Morgan fingerprint density at radius 3 is 2.66 bits per heavy atom. The molecule has 3 aromatic rings. The molecule has 44 heavy (non-hydrogen) atoms. The van der Waals surface area contributed by atoms with Crippen LogP contribution in [0.2, 0.25) is 0 Å². The van der Waals surface area contributed by atoms with Crippen LogP contribution in [0.1, 0.15) is 75.6 Å². The number of hydrogen-bond donors (Lipinski definition) is 2. The van der Waals surface area contributed by atoms with E-state index in [4.69, 9.17) is 15.5 Å². The summed E-state index contributed by atoms with van der Waals surface area (Å²) in [6, 6.07) is 8.32. The number of sulfonamides is 1. The van der Waals surface area contributed by atoms with E-state index in [1.165, 1.54) is 31.7 Å². The van der Waals surface area contributed by atoms with Crippen LogP contribution in [0.3, 0.4) is 0 Å². The van der Waals surface area contributed by atoms with Gasteiger partial charge in [0, 0.05) is 24.3 Å². The van der Waals surface area contributed by atoms with Crippen molar-refractivity contribution in [2.45, 2.75) is 75.8 Å². The first kappa shape index (κ1) is 30.4. The summed E-state index contributed by atoms with van der Waals surface area (Å²) in [5.41, 5.74) is 6.08. The number of halogens is 1. The van der Waals surface area contributed by atoms with Crippen LogP contribution in [0.15, 0.2) is 47.6 Å². The van der Waals surface area contributed by atoms with E-state index in [9.17, 15) is 17.6 Å². The van der Waals surface area contributed by atoms with Gasteiger partial charge in [-0.05, 0) is 113 Å². The fourth-order valence-corrected chi connectivity index (χ4v) is 7.84. The van der Waals surface area contributed by atoms with Crippen LogP contribution in [0, 0.1) is 23.2 Å². The van der Waals surface area contributed by atoms with Gasteiger partial charge in [-0.15, -0.1) is 5.10 Å². The first-order chi connectivity index (χ1) is 21.0. The minimum absolute atomic E-state index is 0.0689. The molecule has 0 radical (unpaired) electrons. The molecule has 11 nitrogen and oxygen atoms in total. The molecule has 1 aliphatic heterocycles. The lowest BCUT2D eigenvalue weighted by Crippen LogP contribution is -2.41. The van der Waals surface area contributed by atoms with Gasteiger partial charge >= 0.3 is 0 Å². The van der Waals surface area contributed by atoms with E-state index in [1.54, 1.807) is 29.1 Å². The van der Waals surface area contributed by atoms with E-state index in [-0.39, 0.29) is 11.1 Å². The number of carbonyl (C=O) groups is 1. The Morgan fingerprint density at radius 1 is 1.14 bits per heavy atom. The average molecular weight is 626 g/mol. The van der Waals surface area contributed by atoms with Crippen LogP contribution in [0.4, 0.5) is 10.2 Å². The predicted molar refractivity (Wildman–Crippen MR) is 163 cm³/mol. The maximum atomic E-state index is 13.7. The number of amides is 1. The quantitative estimate of drug-likeness (QED) is 0.283. The molecule has 3 aliphatic rings. The average Bonchev–Trinajstić information content (AvgIpc) is 3.59. The van der Waals surface area contributed by atoms with Crippen LogP contribution in [-0.2, 0) is 10.0 Å². The zero-order valence-electron chi connectivity index (χ0n) is 25.2. The second kappa shape index (κ2) is 11.7. The van der Waals surface area contributed by atoms with E-state index >= 15 is 0 Å². The second-order valence-electron chi connectivity index (χ2n) is 13.0. The Labute approximate surface area is 257 Å². The lowest BCUT2D eigenvalue weighted by Gasteiger charge is -2.37. The summed E-state index contributed by atoms with van der Waals surface area (Å²) < 4.78 is 49.2. The lowest BCUT2D eigenvalue weighted by molar-refractivity contribution is 0.0981. The van der Waals surface area contributed by atoms with Crippen LogP contribution < -0.4 is 20.1 Å². The Kier molecular flexibility index (Phi) is 8.12. The van der Waals surface area contributed by atoms with Gasteiger partial charge in [0.2, 0.25) is 11.8 Å². The molecule has 2 atom stereocenters. The summed E-state index contributed by atoms with van der Waals surface area (Å²) in [4.78, 5) is 23.9. The molecule has 0 aromatic carbocycles. The minimum Gasteiger partial charge on any atom is -0.477 e. The lowest BCUT2D eigenvalue weighted by atomic mass is 9.69. The third-order valence-electron chi connectivity index (χ3n) is 9.59. The van der Waals surface area contributed by atoms with Crippen LogP contribution in [-0.4, -0.2) is 59.3 Å². The molecule has 4 heterocycles. The summed E-state index contributed by atoms with van der Waals surface area (Å²) in [7, 11) is -4.44. The molecule has 2 aliphatic carbocycles. The van der Waals surface area contributed by atoms with E-state index in [0.717, 1.165) is 43.7 Å². The number of anilines is 1. The standard InChI is InChI=1S/C31H40FN7O4S/c1-30(2)19-21(5-4-16-33)20-38(30)28-23(29(40)37-44(41,42)27-7-3-6-24(32)34-27)8-9-25(35-28)39-17-11-26(36-39)43-18-12-22-10-13-31(22)14-15-31/h3,6-9,11,17,21-22H,4-5,10,12-16,18-20,33H2,1-2H3,(H,37,40)/t21-,22?/m1/s1. The number of nitrogens with two attached hydrogens (primary N) is 1. The van der Waals surface area contributed by atoms with Crippen LogP contribution in [0.25, 0.3) is 5.82 Å². The number of nitrogens with one attached hydrogen (secondary N) is 1. The van der Waals surface area contributed by atoms with E-state index in [1.807, 2.05) is 9.62 Å². The van der Waals surface area contributed by atoms with Gasteiger partial charge in [-0.25, -0.2) is 19.4 Å². The smallest absolute Gasteiger partial charge is 0.281 e. The Hall–Kier alpha value is -3.58. The minimum atomic E-state index is -4.44. The molecule has 0 bridgehead atoms. The summed E-state index contributed by atoms with van der Waals surface area (Å²) >= 11 is 0. The largest absolute Gasteiger partial charge is 0.477 e. The SMILES string of the molecule is CC1(C)C[C@@H](CCCN)CN1c1nc(-n2ccc(OCCC3CCC34CC4)n2)ccc1C(=O)NS(=O)(=O)c1cccc(F)n1. The number of rotatable bonds is 12. The van der Waals surface area contributed by atoms with Gasteiger partial charge in [0.1, 0.15) is 5.82 Å². The molecule has 3 fully saturated rings.